The Hall–Kier alpha value is -0.0749. The van der Waals surface area contributed by atoms with E-state index in [1.165, 1.54) is 10.7 Å². The molecule has 1 aromatic heterocycles. The second kappa shape index (κ2) is 10.3. The van der Waals surface area contributed by atoms with Crippen LogP contribution in [0.2, 0.25) is 0 Å². The van der Waals surface area contributed by atoms with Crippen LogP contribution in [0, 0.1) is 11.8 Å². The Morgan fingerprint density at radius 2 is 1.96 bits per heavy atom. The van der Waals surface area contributed by atoms with Crippen LogP contribution in [0.4, 0.5) is 5.69 Å². The van der Waals surface area contributed by atoms with Gasteiger partial charge in [0.05, 0.1) is 0 Å². The monoisotopic (exact) mass is 552 g/mol. The molecule has 0 aliphatic carbocycles. The fourth-order valence-electron chi connectivity index (χ4n) is 3.28. The maximum atomic E-state index is 5.68. The summed E-state index contributed by atoms with van der Waals surface area (Å²) in [5.41, 5.74) is 8.07. The molecule has 2 rings (SSSR count). The summed E-state index contributed by atoms with van der Waals surface area (Å²) >= 11 is 0.613. The summed E-state index contributed by atoms with van der Waals surface area (Å²) in [5, 5.41) is 6.10. The van der Waals surface area contributed by atoms with Crippen LogP contribution in [0.25, 0.3) is 0 Å². The predicted octanol–water partition coefficient (Wildman–Crippen LogP) is 3.45. The zero-order valence-corrected chi connectivity index (χ0v) is 22.6. The van der Waals surface area contributed by atoms with Crippen LogP contribution in [-0.4, -0.2) is 40.5 Å². The molecule has 5 nitrogen and oxygen atoms in total. The van der Waals surface area contributed by atoms with Crippen molar-refractivity contribution in [2.75, 3.05) is 24.5 Å². The van der Waals surface area contributed by atoms with Crippen molar-refractivity contribution < 1.29 is 24.6 Å². The van der Waals surface area contributed by atoms with E-state index in [2.05, 4.69) is 43.5 Å². The predicted molar refractivity (Wildman–Crippen MR) is 105 cm³/mol. The van der Waals surface area contributed by atoms with Crippen LogP contribution in [0.3, 0.4) is 0 Å². The maximum absolute atomic E-state index is 5.68. The third kappa shape index (κ3) is 6.24. The summed E-state index contributed by atoms with van der Waals surface area (Å²) < 4.78 is 2.12. The van der Waals surface area contributed by atoms with E-state index in [-0.39, 0.29) is 0 Å². The van der Waals surface area contributed by atoms with E-state index < -0.39 is 0 Å². The molecule has 1 aliphatic heterocycles. The van der Waals surface area contributed by atoms with Gasteiger partial charge >= 0.3 is 172 Å². The van der Waals surface area contributed by atoms with E-state index in [1.54, 1.807) is 0 Å². The Bertz CT molecular complexity index is 570. The molecule has 0 saturated carbocycles. The van der Waals surface area contributed by atoms with Crippen LogP contribution in [0.1, 0.15) is 52.7 Å². The van der Waals surface area contributed by atoms with Crippen LogP contribution in [0.5, 0.6) is 0 Å². The quantitative estimate of drug-likeness (QED) is 0.398. The minimum absolute atomic E-state index is 0.365. The number of nitrogens with two attached hydrogens (primary N) is 1. The first kappa shape index (κ1) is 21.2. The first-order valence-corrected chi connectivity index (χ1v) is 17.2. The number of rotatable bonds is 8. The number of aromatic nitrogens is 2. The molecule has 1 atom stereocenters. The molecule has 1 aliphatic rings. The molecule has 2 N–H and O–H groups in total. The molecule has 2 heterocycles. The summed E-state index contributed by atoms with van der Waals surface area (Å²) in [6, 6.07) is 0.365. The Labute approximate surface area is 171 Å². The van der Waals surface area contributed by atoms with Crippen molar-refractivity contribution in [2.24, 2.45) is 22.6 Å². The fraction of sp³-hybridized carbons (Fsp3) is 0.778. The number of nitrogens with zero attached hydrogens (tertiary/aromatic N) is 4. The second-order valence-electron chi connectivity index (χ2n) is 7.79. The van der Waals surface area contributed by atoms with Gasteiger partial charge in [-0.15, -0.1) is 0 Å². The molecule has 25 heavy (non-hydrogen) atoms. The van der Waals surface area contributed by atoms with Gasteiger partial charge in [0.1, 0.15) is 0 Å². The number of hydrogen-bond acceptors (Lipinski definition) is 5. The topological polar surface area (TPSA) is 59.4 Å². The van der Waals surface area contributed by atoms with Gasteiger partial charge in [0.15, 0.2) is 0 Å². The third-order valence-corrected chi connectivity index (χ3v) is 8.04. The van der Waals surface area contributed by atoms with Gasteiger partial charge in [-0.1, -0.05) is 0 Å². The molecule has 137 valence electrons. The molecular weight excluding hydrogens is 519 g/mol. The van der Waals surface area contributed by atoms with Gasteiger partial charge in [0.25, 0.3) is 0 Å². The molecule has 0 amide bonds. The molecular formula is C18H32HgN5S. The van der Waals surface area contributed by atoms with Gasteiger partial charge in [-0.05, 0) is 0 Å². The minimum atomic E-state index is 0.365. The molecule has 1 aromatic rings. The number of hydrogen-bond donors (Lipinski definition) is 1. The van der Waals surface area contributed by atoms with Crippen LogP contribution in [-0.2, 0) is 31.2 Å². The Morgan fingerprint density at radius 1 is 1.24 bits per heavy atom. The van der Waals surface area contributed by atoms with Gasteiger partial charge in [0.2, 0.25) is 0 Å². The van der Waals surface area contributed by atoms with Gasteiger partial charge < -0.3 is 0 Å². The molecule has 0 spiro atoms. The molecule has 1 unspecified atom stereocenters. The van der Waals surface area contributed by atoms with Crippen molar-refractivity contribution in [2.45, 2.75) is 59.5 Å². The van der Waals surface area contributed by atoms with E-state index >= 15 is 0 Å². The van der Waals surface area contributed by atoms with Crippen molar-refractivity contribution in [3.05, 3.63) is 11.9 Å². The van der Waals surface area contributed by atoms with Crippen LogP contribution >= 0.6 is 8.24 Å². The summed E-state index contributed by atoms with van der Waals surface area (Å²) in [6.07, 6.45) is 5.63. The summed E-state index contributed by atoms with van der Waals surface area (Å²) in [4.78, 5) is 7.65. The van der Waals surface area contributed by atoms with Gasteiger partial charge in [0, 0.05) is 0 Å². The third-order valence-electron chi connectivity index (χ3n) is 4.28. The Balaban J connectivity index is 2.32. The summed E-state index contributed by atoms with van der Waals surface area (Å²) in [5.74, 6) is 1.22. The van der Waals surface area contributed by atoms with E-state index in [4.69, 9.17) is 15.8 Å². The Morgan fingerprint density at radius 3 is 2.56 bits per heavy atom. The zero-order valence-electron chi connectivity index (χ0n) is 16.2. The summed E-state index contributed by atoms with van der Waals surface area (Å²) in [7, 11) is 1.92. The fourth-order valence-corrected chi connectivity index (χ4v) is 6.25. The number of fused-ring (bicyclic) bond motifs is 1. The average molecular weight is 551 g/mol. The van der Waals surface area contributed by atoms with Gasteiger partial charge in [-0.3, -0.25) is 0 Å². The van der Waals surface area contributed by atoms with Crippen molar-refractivity contribution in [3.63, 3.8) is 0 Å². The standard InChI is InChI=1S/C18H33N5S.Hg/c1-13(2)9-22-11-15(7-5-6-8-19)20-18(24)17-16(22)12-23(21-17)10-14(3)4;/h12-15H,5-11,19H2,1-4H3,(H,20,24);/q;+1/p-1. The number of aliphatic imine (C=N–C) groups is 1. The normalized spacial score (nSPS) is 17.9. The molecule has 0 aromatic carbocycles. The van der Waals surface area contributed by atoms with E-state index in [0.29, 0.717) is 42.5 Å². The first-order valence-electron chi connectivity index (χ1n) is 9.47. The average Bonchev–Trinajstić information content (AvgIpc) is 2.88. The van der Waals surface area contributed by atoms with Crippen molar-refractivity contribution >= 4 is 19.0 Å². The SMILES string of the molecule is CC(C)CN1CC(CCCCN)N=C([S][Hg])c2nn(CC(C)C)cc21. The number of unbranched alkanes of at least 4 members (excludes halogenated alkanes) is 1. The van der Waals surface area contributed by atoms with Crippen LogP contribution < -0.4 is 10.6 Å². The Kier molecular flexibility index (Phi) is 8.75. The van der Waals surface area contributed by atoms with Crippen molar-refractivity contribution in [1.82, 2.24) is 9.78 Å². The van der Waals surface area contributed by atoms with Crippen molar-refractivity contribution in [1.29, 1.82) is 0 Å². The molecule has 7 heteroatoms. The molecule has 0 bridgehead atoms. The van der Waals surface area contributed by atoms with Crippen molar-refractivity contribution in [3.8, 4) is 0 Å². The van der Waals surface area contributed by atoms with E-state index in [1.807, 2.05) is 8.24 Å². The molecule has 0 radical (unpaired) electrons. The zero-order chi connectivity index (χ0) is 18.4. The van der Waals surface area contributed by atoms with Gasteiger partial charge in [-0.25, -0.2) is 0 Å². The van der Waals surface area contributed by atoms with Crippen LogP contribution in [0.15, 0.2) is 11.2 Å². The molecule has 0 saturated heterocycles. The van der Waals surface area contributed by atoms with E-state index in [0.717, 1.165) is 51.1 Å². The van der Waals surface area contributed by atoms with Gasteiger partial charge in [-0.2, -0.15) is 0 Å². The summed E-state index contributed by atoms with van der Waals surface area (Å²) in [6.45, 7) is 12.9. The number of anilines is 1. The second-order valence-corrected chi connectivity index (χ2v) is 11.8. The molecule has 0 fully saturated rings. The first-order chi connectivity index (χ1) is 11.9. The van der Waals surface area contributed by atoms with E-state index in [9.17, 15) is 0 Å².